The van der Waals surface area contributed by atoms with Crippen LogP contribution in [-0.4, -0.2) is 6.29 Å². The normalized spacial score (nSPS) is 14.4. The molecule has 0 heterocycles. The van der Waals surface area contributed by atoms with Gasteiger partial charge in [-0.1, -0.05) is 73.6 Å². The van der Waals surface area contributed by atoms with Gasteiger partial charge in [0.2, 0.25) is 0 Å². The van der Waals surface area contributed by atoms with Crippen molar-refractivity contribution in [1.82, 2.24) is 0 Å². The van der Waals surface area contributed by atoms with E-state index in [9.17, 15) is 4.79 Å². The zero-order valence-corrected chi connectivity index (χ0v) is 14.2. The molecule has 0 spiro atoms. The van der Waals surface area contributed by atoms with Gasteiger partial charge in [-0.25, -0.2) is 0 Å². The van der Waals surface area contributed by atoms with Crippen molar-refractivity contribution in [2.75, 3.05) is 0 Å². The molecule has 114 valence electrons. The summed E-state index contributed by atoms with van der Waals surface area (Å²) in [6.45, 7) is 13.8. The Morgan fingerprint density at radius 2 is 1.42 bits per heavy atom. The van der Waals surface area contributed by atoms with Crippen molar-refractivity contribution in [3.8, 4) is 0 Å². The lowest BCUT2D eigenvalue weighted by atomic mass is 9.81. The van der Waals surface area contributed by atoms with Gasteiger partial charge in [-0.3, -0.25) is 0 Å². The van der Waals surface area contributed by atoms with E-state index in [0.717, 1.165) is 12.2 Å². The average molecular weight is 268 g/mol. The lowest BCUT2D eigenvalue weighted by molar-refractivity contribution is -0.109. The molecule has 1 nitrogen and oxygen atoms in total. The first kappa shape index (κ1) is 18.7. The molecule has 0 radical (unpaired) electrons. The summed E-state index contributed by atoms with van der Waals surface area (Å²) < 4.78 is 0. The largest absolute Gasteiger partial charge is 0.303 e. The summed E-state index contributed by atoms with van der Waals surface area (Å²) in [5.74, 6) is 0.833. The second-order valence-electron chi connectivity index (χ2n) is 7.94. The monoisotopic (exact) mass is 268 g/mol. The van der Waals surface area contributed by atoms with Crippen LogP contribution in [0, 0.1) is 16.7 Å². The first-order chi connectivity index (χ1) is 8.72. The van der Waals surface area contributed by atoms with Crippen molar-refractivity contribution in [3.63, 3.8) is 0 Å². The molecular weight excluding hydrogens is 232 g/mol. The third kappa shape index (κ3) is 10.2. The minimum Gasteiger partial charge on any atom is -0.303 e. The van der Waals surface area contributed by atoms with Crippen LogP contribution in [0.5, 0.6) is 0 Å². The van der Waals surface area contributed by atoms with Gasteiger partial charge in [0.1, 0.15) is 6.29 Å². The highest BCUT2D eigenvalue weighted by Crippen LogP contribution is 2.30. The molecule has 0 N–H and O–H groups in total. The fourth-order valence-electron chi connectivity index (χ4n) is 2.51. The summed E-state index contributed by atoms with van der Waals surface area (Å²) in [6.07, 6.45) is 10.9. The number of aldehydes is 1. The topological polar surface area (TPSA) is 17.1 Å². The lowest BCUT2D eigenvalue weighted by Gasteiger charge is -2.24. The Morgan fingerprint density at radius 1 is 0.947 bits per heavy atom. The van der Waals surface area contributed by atoms with Gasteiger partial charge < -0.3 is 4.79 Å². The highest BCUT2D eigenvalue weighted by atomic mass is 16.1. The molecule has 0 bridgehead atoms. The number of hydrogen-bond acceptors (Lipinski definition) is 1. The van der Waals surface area contributed by atoms with Crippen molar-refractivity contribution in [2.24, 2.45) is 16.7 Å². The predicted molar refractivity (Wildman–Crippen MR) is 85.4 cm³/mol. The maximum Gasteiger partial charge on any atom is 0.120 e. The van der Waals surface area contributed by atoms with Gasteiger partial charge in [0.05, 0.1) is 0 Å². The quantitative estimate of drug-likeness (QED) is 0.419. The molecule has 0 amide bonds. The van der Waals surface area contributed by atoms with Crippen LogP contribution in [0.4, 0.5) is 0 Å². The first-order valence-corrected chi connectivity index (χ1v) is 8.16. The van der Waals surface area contributed by atoms with Crippen LogP contribution in [0.2, 0.25) is 0 Å². The Labute approximate surface area is 121 Å². The van der Waals surface area contributed by atoms with Crippen LogP contribution in [0.1, 0.15) is 92.9 Å². The van der Waals surface area contributed by atoms with E-state index in [0.29, 0.717) is 11.8 Å². The van der Waals surface area contributed by atoms with Crippen LogP contribution in [0.15, 0.2) is 0 Å². The van der Waals surface area contributed by atoms with Gasteiger partial charge in [0.25, 0.3) is 0 Å². The molecule has 0 fully saturated rings. The fraction of sp³-hybridized carbons (Fsp3) is 0.944. The SMILES string of the molecule is CCC(C)(C)CCCC(C)CCCC(C)(C)CC=O. The Kier molecular flexibility index (Phi) is 8.61. The summed E-state index contributed by atoms with van der Waals surface area (Å²) in [7, 11) is 0. The van der Waals surface area contributed by atoms with Gasteiger partial charge in [-0.2, -0.15) is 0 Å². The summed E-state index contributed by atoms with van der Waals surface area (Å²) in [4.78, 5) is 10.6. The van der Waals surface area contributed by atoms with E-state index in [1.54, 1.807) is 0 Å². The van der Waals surface area contributed by atoms with E-state index >= 15 is 0 Å². The van der Waals surface area contributed by atoms with Gasteiger partial charge in [0, 0.05) is 6.42 Å². The molecule has 0 aromatic heterocycles. The van der Waals surface area contributed by atoms with Gasteiger partial charge >= 0.3 is 0 Å². The van der Waals surface area contributed by atoms with E-state index in [4.69, 9.17) is 0 Å². The lowest BCUT2D eigenvalue weighted by Crippen LogP contribution is -2.12. The summed E-state index contributed by atoms with van der Waals surface area (Å²) in [5.41, 5.74) is 0.720. The van der Waals surface area contributed by atoms with Crippen molar-refractivity contribution in [1.29, 1.82) is 0 Å². The van der Waals surface area contributed by atoms with Crippen molar-refractivity contribution in [3.05, 3.63) is 0 Å². The summed E-state index contributed by atoms with van der Waals surface area (Å²) in [6, 6.07) is 0. The third-order valence-corrected chi connectivity index (χ3v) is 4.69. The maximum atomic E-state index is 10.6. The zero-order chi connectivity index (χ0) is 14.9. The molecule has 0 aromatic rings. The minimum atomic E-state index is 0.200. The van der Waals surface area contributed by atoms with Gasteiger partial charge in [0.15, 0.2) is 0 Å². The van der Waals surface area contributed by atoms with Gasteiger partial charge in [-0.15, -0.1) is 0 Å². The smallest absolute Gasteiger partial charge is 0.120 e. The zero-order valence-electron chi connectivity index (χ0n) is 14.2. The van der Waals surface area contributed by atoms with Crippen LogP contribution in [0.25, 0.3) is 0 Å². The molecule has 0 rings (SSSR count). The number of hydrogen-bond donors (Lipinski definition) is 0. The Balaban J connectivity index is 3.71. The van der Waals surface area contributed by atoms with Crippen LogP contribution in [0.3, 0.4) is 0 Å². The molecular formula is C18H36O. The molecule has 1 heteroatoms. The highest BCUT2D eigenvalue weighted by Gasteiger charge is 2.18. The molecule has 0 aliphatic rings. The molecule has 0 aromatic carbocycles. The van der Waals surface area contributed by atoms with Crippen LogP contribution in [-0.2, 0) is 4.79 Å². The first-order valence-electron chi connectivity index (χ1n) is 8.16. The minimum absolute atomic E-state index is 0.200. The van der Waals surface area contributed by atoms with E-state index in [2.05, 4.69) is 41.5 Å². The summed E-state index contributed by atoms with van der Waals surface area (Å²) in [5, 5.41) is 0. The second-order valence-corrected chi connectivity index (χ2v) is 7.94. The molecule has 1 atom stereocenters. The van der Waals surface area contributed by atoms with Gasteiger partial charge in [-0.05, 0) is 29.6 Å². The Morgan fingerprint density at radius 3 is 1.84 bits per heavy atom. The number of carbonyl (C=O) groups is 1. The molecule has 0 saturated carbocycles. The average Bonchev–Trinajstić information content (AvgIpc) is 2.28. The standard InChI is InChI=1S/C18H36O/c1-7-17(3,4)12-8-10-16(2)11-9-13-18(5,6)14-15-19/h15-16H,7-14H2,1-6H3. The Bertz CT molecular complexity index is 240. The maximum absolute atomic E-state index is 10.6. The second kappa shape index (κ2) is 8.76. The van der Waals surface area contributed by atoms with Crippen molar-refractivity contribution < 1.29 is 4.79 Å². The van der Waals surface area contributed by atoms with E-state index in [1.165, 1.54) is 44.9 Å². The molecule has 0 saturated heterocycles. The van der Waals surface area contributed by atoms with Crippen LogP contribution >= 0.6 is 0 Å². The van der Waals surface area contributed by atoms with E-state index in [-0.39, 0.29) is 5.41 Å². The predicted octanol–water partition coefficient (Wildman–Crippen LogP) is 6.01. The Hall–Kier alpha value is -0.330. The highest BCUT2D eigenvalue weighted by molar-refractivity contribution is 5.50. The van der Waals surface area contributed by atoms with Crippen molar-refractivity contribution >= 4 is 6.29 Å². The van der Waals surface area contributed by atoms with Crippen molar-refractivity contribution in [2.45, 2.75) is 92.9 Å². The fourth-order valence-corrected chi connectivity index (χ4v) is 2.51. The molecule has 19 heavy (non-hydrogen) atoms. The van der Waals surface area contributed by atoms with E-state index < -0.39 is 0 Å². The number of rotatable bonds is 11. The molecule has 0 aliphatic heterocycles. The number of carbonyl (C=O) groups excluding carboxylic acids is 1. The molecule has 0 aliphatic carbocycles. The van der Waals surface area contributed by atoms with E-state index in [1.807, 2.05) is 0 Å². The van der Waals surface area contributed by atoms with Crippen LogP contribution < -0.4 is 0 Å². The summed E-state index contributed by atoms with van der Waals surface area (Å²) >= 11 is 0. The third-order valence-electron chi connectivity index (χ3n) is 4.69. The molecule has 1 unspecified atom stereocenters.